The SMILES string of the molecule is C[C@@H]1C[C@@H](N(C)C(=O)O)CN(c2cc(-c3ccc4c(N)n[nH]c4c3)nc(N)n2)C1. The summed E-state index contributed by atoms with van der Waals surface area (Å²) < 4.78 is 0. The second-order valence-electron chi connectivity index (χ2n) is 7.63. The van der Waals surface area contributed by atoms with Gasteiger partial charge >= 0.3 is 6.09 Å². The summed E-state index contributed by atoms with van der Waals surface area (Å²) in [6.45, 7) is 3.44. The van der Waals surface area contributed by atoms with Gasteiger partial charge in [-0.25, -0.2) is 9.78 Å². The van der Waals surface area contributed by atoms with Crippen molar-refractivity contribution >= 4 is 34.6 Å². The first-order chi connectivity index (χ1) is 13.8. The Balaban J connectivity index is 1.67. The van der Waals surface area contributed by atoms with Crippen molar-refractivity contribution in [2.45, 2.75) is 19.4 Å². The minimum atomic E-state index is -0.931. The number of fused-ring (bicyclic) bond motifs is 1. The number of likely N-dealkylation sites (N-methyl/N-ethyl adjacent to an activating group) is 1. The van der Waals surface area contributed by atoms with Crippen molar-refractivity contribution in [3.63, 3.8) is 0 Å². The second-order valence-corrected chi connectivity index (χ2v) is 7.63. The molecule has 0 bridgehead atoms. The van der Waals surface area contributed by atoms with E-state index in [2.05, 4.69) is 32.0 Å². The molecule has 0 spiro atoms. The number of carboxylic acid groups (broad SMARTS) is 1. The standard InChI is InChI=1S/C19H24N8O2/c1-10-5-12(26(2)19(28)29)9-27(8-10)16-7-14(22-18(21)23-16)11-3-4-13-15(6-11)24-25-17(13)20/h3-4,6-7,10,12H,5,8-9H2,1-2H3,(H,28,29)(H3,20,24,25)(H2,21,22,23)/t10-,12-/m1/s1. The van der Waals surface area contributed by atoms with Crippen LogP contribution >= 0.6 is 0 Å². The van der Waals surface area contributed by atoms with Gasteiger partial charge in [0.1, 0.15) is 5.82 Å². The maximum absolute atomic E-state index is 11.4. The van der Waals surface area contributed by atoms with E-state index in [0.717, 1.165) is 29.4 Å². The number of aromatic amines is 1. The molecule has 4 rings (SSSR count). The molecule has 2 aromatic heterocycles. The monoisotopic (exact) mass is 396 g/mol. The van der Waals surface area contributed by atoms with E-state index in [0.29, 0.717) is 29.8 Å². The number of anilines is 3. The van der Waals surface area contributed by atoms with Gasteiger partial charge in [-0.2, -0.15) is 10.1 Å². The third-order valence-electron chi connectivity index (χ3n) is 5.43. The summed E-state index contributed by atoms with van der Waals surface area (Å²) in [7, 11) is 1.61. The third-order valence-corrected chi connectivity index (χ3v) is 5.43. The number of rotatable bonds is 3. The van der Waals surface area contributed by atoms with E-state index in [9.17, 15) is 9.90 Å². The molecular formula is C19H24N8O2. The first kappa shape index (κ1) is 18.8. The molecule has 3 heterocycles. The number of piperidine rings is 1. The molecule has 6 N–H and O–H groups in total. The molecule has 1 saturated heterocycles. The summed E-state index contributed by atoms with van der Waals surface area (Å²) in [6.07, 6.45) is -0.121. The van der Waals surface area contributed by atoms with Crippen molar-refractivity contribution in [2.24, 2.45) is 5.92 Å². The molecule has 0 saturated carbocycles. The summed E-state index contributed by atoms with van der Waals surface area (Å²) in [5, 5.41) is 17.1. The van der Waals surface area contributed by atoms with Crippen LogP contribution in [0.4, 0.5) is 22.4 Å². The van der Waals surface area contributed by atoms with Crippen LogP contribution in [-0.2, 0) is 0 Å². The minimum absolute atomic E-state index is 0.111. The molecule has 1 amide bonds. The van der Waals surface area contributed by atoms with Crippen molar-refractivity contribution in [2.75, 3.05) is 36.5 Å². The fourth-order valence-corrected chi connectivity index (χ4v) is 3.91. The fourth-order valence-electron chi connectivity index (χ4n) is 3.91. The molecule has 1 aliphatic rings. The molecule has 2 atom stereocenters. The van der Waals surface area contributed by atoms with Gasteiger partial charge in [0.15, 0.2) is 5.82 Å². The van der Waals surface area contributed by atoms with Crippen molar-refractivity contribution < 1.29 is 9.90 Å². The lowest BCUT2D eigenvalue weighted by Crippen LogP contribution is -2.51. The first-order valence-corrected chi connectivity index (χ1v) is 9.41. The van der Waals surface area contributed by atoms with E-state index in [1.165, 1.54) is 4.90 Å². The normalized spacial score (nSPS) is 19.4. The van der Waals surface area contributed by atoms with Gasteiger partial charge in [-0.1, -0.05) is 13.0 Å². The van der Waals surface area contributed by atoms with Crippen LogP contribution in [0, 0.1) is 5.92 Å². The number of nitrogens with one attached hydrogen (secondary N) is 1. The van der Waals surface area contributed by atoms with Crippen LogP contribution in [0.1, 0.15) is 13.3 Å². The van der Waals surface area contributed by atoms with Gasteiger partial charge in [0.05, 0.1) is 17.3 Å². The Kier molecular flexibility index (Phi) is 4.61. The van der Waals surface area contributed by atoms with E-state index in [-0.39, 0.29) is 12.0 Å². The summed E-state index contributed by atoms with van der Waals surface area (Å²) in [4.78, 5) is 23.6. The number of nitrogens with zero attached hydrogens (tertiary/aromatic N) is 5. The van der Waals surface area contributed by atoms with Crippen LogP contribution in [0.25, 0.3) is 22.2 Å². The van der Waals surface area contributed by atoms with Gasteiger partial charge in [-0.3, -0.25) is 5.10 Å². The fraction of sp³-hybridized carbons (Fsp3) is 0.368. The molecular weight excluding hydrogens is 372 g/mol. The van der Waals surface area contributed by atoms with Gasteiger partial charge in [-0.15, -0.1) is 0 Å². The van der Waals surface area contributed by atoms with Gasteiger partial charge in [0, 0.05) is 37.2 Å². The molecule has 29 heavy (non-hydrogen) atoms. The second kappa shape index (κ2) is 7.12. The lowest BCUT2D eigenvalue weighted by molar-refractivity contribution is 0.127. The molecule has 1 aromatic carbocycles. The Hall–Kier alpha value is -3.56. The van der Waals surface area contributed by atoms with Crippen molar-refractivity contribution in [3.8, 4) is 11.3 Å². The average Bonchev–Trinajstić information content (AvgIpc) is 3.06. The number of aromatic nitrogens is 4. The van der Waals surface area contributed by atoms with Crippen LogP contribution in [0.2, 0.25) is 0 Å². The molecule has 10 nitrogen and oxygen atoms in total. The van der Waals surface area contributed by atoms with Gasteiger partial charge in [-0.05, 0) is 24.5 Å². The first-order valence-electron chi connectivity index (χ1n) is 9.41. The van der Waals surface area contributed by atoms with Gasteiger partial charge < -0.3 is 26.4 Å². The molecule has 10 heteroatoms. The number of hydrogen-bond donors (Lipinski definition) is 4. The Morgan fingerprint density at radius 3 is 2.83 bits per heavy atom. The zero-order valence-electron chi connectivity index (χ0n) is 16.3. The van der Waals surface area contributed by atoms with Crippen LogP contribution in [0.15, 0.2) is 24.3 Å². The molecule has 0 unspecified atom stereocenters. The lowest BCUT2D eigenvalue weighted by Gasteiger charge is -2.40. The van der Waals surface area contributed by atoms with Gasteiger partial charge in [0.2, 0.25) is 5.95 Å². The van der Waals surface area contributed by atoms with E-state index in [1.807, 2.05) is 24.3 Å². The van der Waals surface area contributed by atoms with Crippen LogP contribution in [0.5, 0.6) is 0 Å². The average molecular weight is 396 g/mol. The highest BCUT2D eigenvalue weighted by molar-refractivity contribution is 5.91. The summed E-state index contributed by atoms with van der Waals surface area (Å²) in [5.74, 6) is 1.62. The maximum atomic E-state index is 11.4. The number of hydrogen-bond acceptors (Lipinski definition) is 7. The Morgan fingerprint density at radius 2 is 2.07 bits per heavy atom. The van der Waals surface area contributed by atoms with E-state index < -0.39 is 6.09 Å². The van der Waals surface area contributed by atoms with Gasteiger partial charge in [0.25, 0.3) is 0 Å². The molecule has 1 aliphatic heterocycles. The Labute approximate surface area is 167 Å². The summed E-state index contributed by atoms with van der Waals surface area (Å²) >= 11 is 0. The third kappa shape index (κ3) is 3.60. The quantitative estimate of drug-likeness (QED) is 0.525. The van der Waals surface area contributed by atoms with E-state index in [4.69, 9.17) is 11.5 Å². The smallest absolute Gasteiger partial charge is 0.407 e. The molecule has 0 radical (unpaired) electrons. The summed E-state index contributed by atoms with van der Waals surface area (Å²) in [6, 6.07) is 7.50. The van der Waals surface area contributed by atoms with Crippen LogP contribution in [-0.4, -0.2) is 62.4 Å². The number of nitrogen functional groups attached to an aromatic ring is 2. The van der Waals surface area contributed by atoms with Crippen molar-refractivity contribution in [1.29, 1.82) is 0 Å². The number of benzene rings is 1. The maximum Gasteiger partial charge on any atom is 0.407 e. The van der Waals surface area contributed by atoms with Crippen molar-refractivity contribution in [3.05, 3.63) is 24.3 Å². The molecule has 3 aromatic rings. The minimum Gasteiger partial charge on any atom is -0.465 e. The molecule has 1 fully saturated rings. The highest BCUT2D eigenvalue weighted by atomic mass is 16.4. The number of H-pyrrole nitrogens is 1. The van der Waals surface area contributed by atoms with Crippen LogP contribution < -0.4 is 16.4 Å². The van der Waals surface area contributed by atoms with Crippen molar-refractivity contribution in [1.82, 2.24) is 25.1 Å². The largest absolute Gasteiger partial charge is 0.465 e. The zero-order valence-corrected chi connectivity index (χ0v) is 16.3. The summed E-state index contributed by atoms with van der Waals surface area (Å²) in [5.41, 5.74) is 14.2. The van der Waals surface area contributed by atoms with Crippen LogP contribution in [0.3, 0.4) is 0 Å². The zero-order chi connectivity index (χ0) is 20.7. The van der Waals surface area contributed by atoms with E-state index in [1.54, 1.807) is 7.05 Å². The predicted octanol–water partition coefficient (Wildman–Crippen LogP) is 2.01. The Morgan fingerprint density at radius 1 is 1.28 bits per heavy atom. The highest BCUT2D eigenvalue weighted by Crippen LogP contribution is 2.29. The predicted molar refractivity (Wildman–Crippen MR) is 112 cm³/mol. The molecule has 152 valence electrons. The Bertz CT molecular complexity index is 1070. The number of amides is 1. The lowest BCUT2D eigenvalue weighted by atomic mass is 9.95. The number of nitrogens with two attached hydrogens (primary N) is 2. The van der Waals surface area contributed by atoms with E-state index >= 15 is 0 Å². The highest BCUT2D eigenvalue weighted by Gasteiger charge is 2.30. The molecule has 0 aliphatic carbocycles. The number of carbonyl (C=O) groups is 1. The topological polar surface area (TPSA) is 150 Å².